The number of hydrogen-bond acceptors (Lipinski definition) is 3. The molecule has 2 rings (SSSR count). The molecule has 104 valence electrons. The average molecular weight is 273 g/mol. The number of nitrogens with zero attached hydrogens (tertiary/aromatic N) is 1. The number of halogens is 1. The third-order valence-corrected chi connectivity index (χ3v) is 3.65. The van der Waals surface area contributed by atoms with Crippen molar-refractivity contribution in [1.29, 1.82) is 5.26 Å². The van der Waals surface area contributed by atoms with E-state index < -0.39 is 11.4 Å². The molecule has 0 spiro atoms. The van der Waals surface area contributed by atoms with Gasteiger partial charge in [-0.25, -0.2) is 4.39 Å². The minimum absolute atomic E-state index is 0.250. The Morgan fingerprint density at radius 2 is 2.15 bits per heavy atom. The fourth-order valence-electron chi connectivity index (χ4n) is 2.68. The minimum atomic E-state index is -1.09. The molecule has 0 N–H and O–H groups in total. The quantitative estimate of drug-likeness (QED) is 0.794. The molecule has 1 aromatic carbocycles. The fraction of sp³-hybridized carbons (Fsp3) is 0.375. The molecular weight excluding hydrogens is 257 g/mol. The number of benzene rings is 1. The number of hydrogen-bond donors (Lipinski definition) is 0. The molecule has 0 saturated carbocycles. The highest BCUT2D eigenvalue weighted by Crippen LogP contribution is 2.41. The summed E-state index contributed by atoms with van der Waals surface area (Å²) in [5.41, 5.74) is -0.0740. The van der Waals surface area contributed by atoms with Gasteiger partial charge < -0.3 is 4.74 Å². The Kier molecular flexibility index (Phi) is 4.19. The summed E-state index contributed by atoms with van der Waals surface area (Å²) in [5, 5.41) is 9.36. The molecule has 1 aliphatic rings. The number of rotatable bonds is 3. The van der Waals surface area contributed by atoms with Crippen LogP contribution in [0.4, 0.5) is 4.39 Å². The van der Waals surface area contributed by atoms with E-state index in [1.54, 1.807) is 25.1 Å². The zero-order valence-corrected chi connectivity index (χ0v) is 11.4. The standard InChI is InChI=1S/C16H16FNO2/c1-2-20-15(19)16(10-4-3-5-13(16)11-18)12-6-8-14(17)9-7-12/h5-9H,2-4,10H2,1H3. The van der Waals surface area contributed by atoms with Crippen LogP contribution in [-0.4, -0.2) is 12.6 Å². The van der Waals surface area contributed by atoms with Crippen LogP contribution in [-0.2, 0) is 14.9 Å². The Morgan fingerprint density at radius 3 is 2.75 bits per heavy atom. The molecule has 1 aromatic rings. The summed E-state index contributed by atoms with van der Waals surface area (Å²) in [6.07, 6.45) is 3.85. The highest BCUT2D eigenvalue weighted by atomic mass is 19.1. The van der Waals surface area contributed by atoms with Crippen molar-refractivity contribution in [2.45, 2.75) is 31.6 Å². The molecule has 0 saturated heterocycles. The normalized spacial score (nSPS) is 21.8. The number of esters is 1. The molecule has 20 heavy (non-hydrogen) atoms. The lowest BCUT2D eigenvalue weighted by molar-refractivity contribution is -0.149. The molecule has 1 aliphatic carbocycles. The van der Waals surface area contributed by atoms with Gasteiger partial charge in [0.25, 0.3) is 0 Å². The molecule has 0 amide bonds. The second-order valence-electron chi connectivity index (χ2n) is 4.75. The monoisotopic (exact) mass is 273 g/mol. The predicted molar refractivity (Wildman–Crippen MR) is 72.3 cm³/mol. The Morgan fingerprint density at radius 1 is 1.45 bits per heavy atom. The van der Waals surface area contributed by atoms with Crippen molar-refractivity contribution in [3.8, 4) is 6.07 Å². The Labute approximate surface area is 117 Å². The molecular formula is C16H16FNO2. The summed E-state index contributed by atoms with van der Waals surface area (Å²) in [6.45, 7) is 1.98. The van der Waals surface area contributed by atoms with Crippen LogP contribution in [0.15, 0.2) is 35.9 Å². The molecule has 0 fully saturated rings. The van der Waals surface area contributed by atoms with E-state index in [-0.39, 0.29) is 12.4 Å². The minimum Gasteiger partial charge on any atom is -0.465 e. The Balaban J connectivity index is 2.57. The van der Waals surface area contributed by atoms with Crippen LogP contribution in [0.3, 0.4) is 0 Å². The van der Waals surface area contributed by atoms with Crippen LogP contribution >= 0.6 is 0 Å². The number of allylic oxidation sites excluding steroid dienone is 1. The summed E-state index contributed by atoms with van der Waals surface area (Å²) < 4.78 is 18.3. The van der Waals surface area contributed by atoms with Crippen molar-refractivity contribution in [2.75, 3.05) is 6.61 Å². The Bertz CT molecular complexity index is 571. The lowest BCUT2D eigenvalue weighted by Crippen LogP contribution is -2.40. The topological polar surface area (TPSA) is 50.1 Å². The van der Waals surface area contributed by atoms with E-state index >= 15 is 0 Å². The molecule has 1 unspecified atom stereocenters. The molecule has 3 nitrogen and oxygen atoms in total. The first-order chi connectivity index (χ1) is 9.65. The van der Waals surface area contributed by atoms with Gasteiger partial charge in [-0.05, 0) is 43.9 Å². The lowest BCUT2D eigenvalue weighted by Gasteiger charge is -2.34. The van der Waals surface area contributed by atoms with E-state index in [1.807, 2.05) is 0 Å². The van der Waals surface area contributed by atoms with Crippen molar-refractivity contribution in [3.05, 3.63) is 47.3 Å². The lowest BCUT2D eigenvalue weighted by atomic mass is 9.68. The zero-order chi connectivity index (χ0) is 14.6. The molecule has 0 heterocycles. The van der Waals surface area contributed by atoms with Crippen molar-refractivity contribution in [2.24, 2.45) is 0 Å². The number of ether oxygens (including phenoxy) is 1. The Hall–Kier alpha value is -2.15. The van der Waals surface area contributed by atoms with Gasteiger partial charge in [0, 0.05) is 5.57 Å². The molecule has 0 radical (unpaired) electrons. The highest BCUT2D eigenvalue weighted by Gasteiger charge is 2.46. The van der Waals surface area contributed by atoms with Crippen molar-refractivity contribution in [1.82, 2.24) is 0 Å². The van der Waals surface area contributed by atoms with Gasteiger partial charge in [0.15, 0.2) is 0 Å². The van der Waals surface area contributed by atoms with E-state index in [0.29, 0.717) is 17.6 Å². The molecule has 0 bridgehead atoms. The molecule has 1 atom stereocenters. The SMILES string of the molecule is CCOC(=O)C1(c2ccc(F)cc2)CCCC=C1C#N. The third kappa shape index (κ3) is 2.32. The van der Waals surface area contributed by atoms with Crippen LogP contribution < -0.4 is 0 Å². The third-order valence-electron chi connectivity index (χ3n) is 3.65. The largest absolute Gasteiger partial charge is 0.465 e. The van der Waals surface area contributed by atoms with Crippen LogP contribution in [0.1, 0.15) is 31.7 Å². The van der Waals surface area contributed by atoms with Crippen molar-refractivity contribution >= 4 is 5.97 Å². The van der Waals surface area contributed by atoms with Crippen molar-refractivity contribution in [3.63, 3.8) is 0 Å². The maximum Gasteiger partial charge on any atom is 0.321 e. The maximum absolute atomic E-state index is 13.1. The number of carbonyl (C=O) groups excluding carboxylic acids is 1. The summed E-state index contributed by atoms with van der Waals surface area (Å²) in [6, 6.07) is 7.84. The molecule has 4 heteroatoms. The van der Waals surface area contributed by atoms with Gasteiger partial charge in [0.1, 0.15) is 11.2 Å². The van der Waals surface area contributed by atoms with Gasteiger partial charge in [-0.1, -0.05) is 18.2 Å². The summed E-state index contributed by atoms with van der Waals surface area (Å²) >= 11 is 0. The summed E-state index contributed by atoms with van der Waals surface area (Å²) in [7, 11) is 0. The number of carbonyl (C=O) groups is 1. The first kappa shape index (κ1) is 14.3. The van der Waals surface area contributed by atoms with Gasteiger partial charge in [-0.15, -0.1) is 0 Å². The molecule has 0 aromatic heterocycles. The highest BCUT2D eigenvalue weighted by molar-refractivity contribution is 5.89. The van der Waals surface area contributed by atoms with E-state index in [9.17, 15) is 14.4 Å². The summed E-state index contributed by atoms with van der Waals surface area (Å²) in [5.74, 6) is -0.801. The second-order valence-corrected chi connectivity index (χ2v) is 4.75. The van der Waals surface area contributed by atoms with E-state index in [4.69, 9.17) is 4.74 Å². The first-order valence-electron chi connectivity index (χ1n) is 6.69. The van der Waals surface area contributed by atoms with Gasteiger partial charge >= 0.3 is 5.97 Å². The van der Waals surface area contributed by atoms with E-state index in [2.05, 4.69) is 6.07 Å². The second kappa shape index (κ2) is 5.87. The average Bonchev–Trinajstić information content (AvgIpc) is 2.48. The zero-order valence-electron chi connectivity index (χ0n) is 11.4. The van der Waals surface area contributed by atoms with Gasteiger partial charge in [-0.2, -0.15) is 5.26 Å². The molecule has 0 aliphatic heterocycles. The van der Waals surface area contributed by atoms with E-state index in [0.717, 1.165) is 12.8 Å². The van der Waals surface area contributed by atoms with Gasteiger partial charge in [0.2, 0.25) is 0 Å². The fourth-order valence-corrected chi connectivity index (χ4v) is 2.68. The van der Waals surface area contributed by atoms with Crippen LogP contribution in [0, 0.1) is 17.1 Å². The first-order valence-corrected chi connectivity index (χ1v) is 6.69. The van der Waals surface area contributed by atoms with Crippen molar-refractivity contribution < 1.29 is 13.9 Å². The van der Waals surface area contributed by atoms with Crippen LogP contribution in [0.25, 0.3) is 0 Å². The van der Waals surface area contributed by atoms with E-state index in [1.165, 1.54) is 12.1 Å². The summed E-state index contributed by atoms with van der Waals surface area (Å²) in [4.78, 5) is 12.5. The number of nitriles is 1. The predicted octanol–water partition coefficient (Wildman–Crippen LogP) is 3.26. The van der Waals surface area contributed by atoms with Crippen LogP contribution in [0.2, 0.25) is 0 Å². The van der Waals surface area contributed by atoms with Gasteiger partial charge in [-0.3, -0.25) is 4.79 Å². The van der Waals surface area contributed by atoms with Gasteiger partial charge in [0.05, 0.1) is 12.7 Å². The smallest absolute Gasteiger partial charge is 0.321 e. The van der Waals surface area contributed by atoms with Crippen LogP contribution in [0.5, 0.6) is 0 Å². The maximum atomic E-state index is 13.1.